The fraction of sp³-hybridized carbons (Fsp3) is 0.583. The van der Waals surface area contributed by atoms with Crippen LogP contribution < -0.4 is 5.73 Å². The summed E-state index contributed by atoms with van der Waals surface area (Å²) in [4.78, 5) is 8.12. The number of hydrogen-bond acceptors (Lipinski definition) is 5. The van der Waals surface area contributed by atoms with Gasteiger partial charge in [-0.1, -0.05) is 6.07 Å². The molecule has 17 heavy (non-hydrogen) atoms. The molecule has 2 aliphatic heterocycles. The summed E-state index contributed by atoms with van der Waals surface area (Å²) in [6, 6.07) is 4.81. The number of aliphatic imine (C=N–C) groups is 1. The predicted molar refractivity (Wildman–Crippen MR) is 75.6 cm³/mol. The Labute approximate surface area is 110 Å². The lowest BCUT2D eigenvalue weighted by Crippen LogP contribution is -2.44. The summed E-state index contributed by atoms with van der Waals surface area (Å²) in [5.41, 5.74) is 6.03. The van der Waals surface area contributed by atoms with Crippen molar-refractivity contribution in [3.63, 3.8) is 0 Å². The van der Waals surface area contributed by atoms with Gasteiger partial charge in [0, 0.05) is 4.88 Å². The Morgan fingerprint density at radius 2 is 2.47 bits per heavy atom. The van der Waals surface area contributed by atoms with Gasteiger partial charge >= 0.3 is 0 Å². The molecule has 1 fully saturated rings. The number of thioether (sulfide) groups is 1. The second-order valence-corrected chi connectivity index (χ2v) is 6.78. The molecule has 5 heteroatoms. The van der Waals surface area contributed by atoms with Gasteiger partial charge in [0.1, 0.15) is 0 Å². The molecule has 92 valence electrons. The maximum Gasteiger partial charge on any atom is 0.191 e. The summed E-state index contributed by atoms with van der Waals surface area (Å²) >= 11 is 3.86. The van der Waals surface area contributed by atoms with Crippen LogP contribution in [0.3, 0.4) is 0 Å². The lowest BCUT2D eigenvalue weighted by Gasteiger charge is -2.29. The molecule has 0 bridgehead atoms. The average molecular weight is 267 g/mol. The molecule has 3 heterocycles. The van der Waals surface area contributed by atoms with E-state index in [2.05, 4.69) is 39.2 Å². The first-order valence-corrected chi connectivity index (χ1v) is 8.05. The van der Waals surface area contributed by atoms with Gasteiger partial charge in [-0.15, -0.1) is 11.3 Å². The molecule has 0 amide bonds. The highest BCUT2D eigenvalue weighted by Gasteiger charge is 2.34. The highest BCUT2D eigenvalue weighted by atomic mass is 32.2. The van der Waals surface area contributed by atoms with Crippen LogP contribution in [0.15, 0.2) is 22.5 Å². The third kappa shape index (κ3) is 2.31. The van der Waals surface area contributed by atoms with E-state index in [1.807, 2.05) is 0 Å². The van der Waals surface area contributed by atoms with Gasteiger partial charge in [0.05, 0.1) is 19.1 Å². The number of nitrogens with zero attached hydrogens (tertiary/aromatic N) is 2. The number of nitrogens with two attached hydrogens (primary N) is 1. The minimum atomic E-state index is 0.534. The van der Waals surface area contributed by atoms with E-state index in [0.717, 1.165) is 25.0 Å². The fourth-order valence-electron chi connectivity index (χ4n) is 2.57. The van der Waals surface area contributed by atoms with Crippen molar-refractivity contribution in [3.8, 4) is 0 Å². The van der Waals surface area contributed by atoms with Crippen molar-refractivity contribution in [3.05, 3.63) is 22.4 Å². The van der Waals surface area contributed by atoms with Crippen LogP contribution in [-0.4, -0.2) is 35.0 Å². The Kier molecular flexibility index (Phi) is 3.29. The van der Waals surface area contributed by atoms with E-state index >= 15 is 0 Å². The van der Waals surface area contributed by atoms with Gasteiger partial charge in [-0.2, -0.15) is 11.8 Å². The molecule has 1 saturated heterocycles. The van der Waals surface area contributed by atoms with Gasteiger partial charge in [-0.05, 0) is 35.3 Å². The first-order chi connectivity index (χ1) is 8.34. The van der Waals surface area contributed by atoms with E-state index in [-0.39, 0.29) is 0 Å². The molecule has 0 radical (unpaired) electrons. The molecule has 2 N–H and O–H groups in total. The largest absolute Gasteiger partial charge is 0.370 e. The van der Waals surface area contributed by atoms with E-state index in [1.165, 1.54) is 22.8 Å². The molecular formula is C12H17N3S2. The highest BCUT2D eigenvalue weighted by Crippen LogP contribution is 2.31. The zero-order valence-corrected chi connectivity index (χ0v) is 11.3. The molecule has 0 aliphatic carbocycles. The summed E-state index contributed by atoms with van der Waals surface area (Å²) in [6.45, 7) is 1.82. The van der Waals surface area contributed by atoms with E-state index < -0.39 is 0 Å². The van der Waals surface area contributed by atoms with Crippen LogP contribution in [-0.2, 0) is 6.54 Å². The Morgan fingerprint density at radius 3 is 3.18 bits per heavy atom. The minimum absolute atomic E-state index is 0.534. The van der Waals surface area contributed by atoms with Gasteiger partial charge in [0.15, 0.2) is 5.96 Å². The normalized spacial score (nSPS) is 28.7. The molecule has 2 atom stereocenters. The summed E-state index contributed by atoms with van der Waals surface area (Å²) in [5.74, 6) is 4.08. The number of hydrogen-bond donors (Lipinski definition) is 1. The molecular weight excluding hydrogens is 250 g/mol. The van der Waals surface area contributed by atoms with E-state index in [1.54, 1.807) is 11.3 Å². The standard InChI is InChI=1S/C12H17N3S2/c13-12-14-6-11(9-3-5-16-8-9)15(12)7-10-2-1-4-17-10/h1-2,4,9,11H,3,5-8H2,(H2,13,14). The summed E-state index contributed by atoms with van der Waals surface area (Å²) in [5, 5.41) is 2.12. The maximum absolute atomic E-state index is 6.03. The first kappa shape index (κ1) is 11.4. The number of guanidine groups is 1. The third-order valence-corrected chi connectivity index (χ3v) is 5.60. The molecule has 0 aromatic carbocycles. The van der Waals surface area contributed by atoms with Crippen LogP contribution >= 0.6 is 23.1 Å². The summed E-state index contributed by atoms with van der Waals surface area (Å²) < 4.78 is 0. The van der Waals surface area contributed by atoms with E-state index in [0.29, 0.717) is 6.04 Å². The Morgan fingerprint density at radius 1 is 1.53 bits per heavy atom. The molecule has 0 saturated carbocycles. The van der Waals surface area contributed by atoms with Crippen LogP contribution in [0.5, 0.6) is 0 Å². The van der Waals surface area contributed by atoms with Crippen molar-refractivity contribution in [2.75, 3.05) is 18.1 Å². The molecule has 1 aromatic heterocycles. The first-order valence-electron chi connectivity index (χ1n) is 6.01. The van der Waals surface area contributed by atoms with Crippen molar-refractivity contribution >= 4 is 29.1 Å². The number of rotatable bonds is 3. The van der Waals surface area contributed by atoms with Gasteiger partial charge in [0.25, 0.3) is 0 Å². The molecule has 0 spiro atoms. The van der Waals surface area contributed by atoms with Crippen LogP contribution in [0.2, 0.25) is 0 Å². The van der Waals surface area contributed by atoms with E-state index in [9.17, 15) is 0 Å². The summed E-state index contributed by atoms with van der Waals surface area (Å²) in [6.07, 6.45) is 1.32. The minimum Gasteiger partial charge on any atom is -0.370 e. The zero-order valence-electron chi connectivity index (χ0n) is 9.71. The number of thiophene rings is 1. The second kappa shape index (κ2) is 4.90. The Balaban J connectivity index is 1.72. The van der Waals surface area contributed by atoms with Crippen molar-refractivity contribution in [1.29, 1.82) is 0 Å². The third-order valence-electron chi connectivity index (χ3n) is 3.55. The topological polar surface area (TPSA) is 41.6 Å². The lowest BCUT2D eigenvalue weighted by molar-refractivity contribution is 0.261. The van der Waals surface area contributed by atoms with Gasteiger partial charge in [-0.3, -0.25) is 4.99 Å². The van der Waals surface area contributed by atoms with E-state index in [4.69, 9.17) is 5.73 Å². The van der Waals surface area contributed by atoms with Crippen LogP contribution in [0, 0.1) is 5.92 Å². The van der Waals surface area contributed by atoms with Crippen LogP contribution in [0.4, 0.5) is 0 Å². The molecule has 2 unspecified atom stereocenters. The average Bonchev–Trinajstić information content (AvgIpc) is 3.03. The highest BCUT2D eigenvalue weighted by molar-refractivity contribution is 7.99. The van der Waals surface area contributed by atoms with Gasteiger partial charge in [0.2, 0.25) is 0 Å². The quantitative estimate of drug-likeness (QED) is 0.911. The van der Waals surface area contributed by atoms with Crippen molar-refractivity contribution in [2.45, 2.75) is 19.0 Å². The zero-order chi connectivity index (χ0) is 11.7. The summed E-state index contributed by atoms with van der Waals surface area (Å²) in [7, 11) is 0. The molecule has 3 nitrogen and oxygen atoms in total. The fourth-order valence-corrected chi connectivity index (χ4v) is 4.61. The van der Waals surface area contributed by atoms with Crippen molar-refractivity contribution < 1.29 is 0 Å². The predicted octanol–water partition coefficient (Wildman–Crippen LogP) is 2.00. The smallest absolute Gasteiger partial charge is 0.191 e. The van der Waals surface area contributed by atoms with Crippen molar-refractivity contribution in [2.24, 2.45) is 16.6 Å². The monoisotopic (exact) mass is 267 g/mol. The lowest BCUT2D eigenvalue weighted by atomic mass is 9.98. The Bertz CT molecular complexity index is 396. The Hall–Kier alpha value is -0.680. The SMILES string of the molecule is NC1=NCC(C2CCSC2)N1Cc1cccs1. The van der Waals surface area contributed by atoms with Crippen LogP contribution in [0.1, 0.15) is 11.3 Å². The second-order valence-electron chi connectivity index (χ2n) is 4.60. The van der Waals surface area contributed by atoms with Crippen LogP contribution in [0.25, 0.3) is 0 Å². The maximum atomic E-state index is 6.03. The van der Waals surface area contributed by atoms with Gasteiger partial charge in [-0.25, -0.2) is 0 Å². The molecule has 3 rings (SSSR count). The van der Waals surface area contributed by atoms with Gasteiger partial charge < -0.3 is 10.6 Å². The molecule has 2 aliphatic rings. The van der Waals surface area contributed by atoms with Crippen molar-refractivity contribution in [1.82, 2.24) is 4.90 Å². The molecule has 1 aromatic rings.